The van der Waals surface area contributed by atoms with Crippen LogP contribution in [0, 0.1) is 0 Å². The monoisotopic (exact) mass is 333 g/mol. The van der Waals surface area contributed by atoms with E-state index in [-0.39, 0.29) is 6.04 Å². The number of nitrogens with zero attached hydrogens (tertiary/aromatic N) is 5. The average molecular weight is 333 g/mol. The second kappa shape index (κ2) is 6.80. The Balaban J connectivity index is 1.23. The van der Waals surface area contributed by atoms with Gasteiger partial charge < -0.3 is 9.42 Å². The molecule has 7 nitrogen and oxygen atoms in total. The molecule has 0 radical (unpaired) electrons. The first-order valence-corrected chi connectivity index (χ1v) is 9.28. The van der Waals surface area contributed by atoms with E-state index < -0.39 is 0 Å². The van der Waals surface area contributed by atoms with E-state index in [0.29, 0.717) is 11.8 Å². The zero-order valence-corrected chi connectivity index (χ0v) is 14.5. The summed E-state index contributed by atoms with van der Waals surface area (Å²) in [5.41, 5.74) is 0. The van der Waals surface area contributed by atoms with E-state index in [1.54, 1.807) is 0 Å². The van der Waals surface area contributed by atoms with Crippen LogP contribution in [-0.2, 0) is 4.79 Å². The Bertz CT molecular complexity index is 577. The third kappa shape index (κ3) is 3.47. The molecule has 1 aromatic heterocycles. The normalized spacial score (nSPS) is 24.7. The maximum atomic E-state index is 11.7. The van der Waals surface area contributed by atoms with Crippen LogP contribution in [0.3, 0.4) is 0 Å². The van der Waals surface area contributed by atoms with Gasteiger partial charge in [0.1, 0.15) is 0 Å². The van der Waals surface area contributed by atoms with Crippen LogP contribution in [0.4, 0.5) is 0 Å². The quantitative estimate of drug-likeness (QED) is 0.780. The molecule has 1 aromatic rings. The molecule has 132 valence electrons. The number of amides is 1. The molecule has 0 aromatic carbocycles. The molecule has 0 spiro atoms. The summed E-state index contributed by atoms with van der Waals surface area (Å²) in [6.45, 7) is 9.06. The first-order valence-electron chi connectivity index (χ1n) is 9.28. The smallest absolute Gasteiger partial charge is 0.243 e. The van der Waals surface area contributed by atoms with E-state index >= 15 is 0 Å². The Morgan fingerprint density at radius 3 is 2.62 bits per heavy atom. The van der Waals surface area contributed by atoms with Gasteiger partial charge in [-0.05, 0) is 26.2 Å². The summed E-state index contributed by atoms with van der Waals surface area (Å²) in [5, 5.41) is 4.13. The number of likely N-dealkylation sites (tertiary alicyclic amines) is 1. The number of carbonyl (C=O) groups excluding carboxylic acids is 1. The predicted octanol–water partition coefficient (Wildman–Crippen LogP) is 1.25. The van der Waals surface area contributed by atoms with Crippen molar-refractivity contribution in [2.24, 2.45) is 0 Å². The van der Waals surface area contributed by atoms with E-state index in [0.717, 1.165) is 70.4 Å². The molecule has 2 saturated heterocycles. The summed E-state index contributed by atoms with van der Waals surface area (Å²) in [4.78, 5) is 23.1. The largest absolute Gasteiger partial charge is 0.341 e. The van der Waals surface area contributed by atoms with Gasteiger partial charge in [-0.25, -0.2) is 0 Å². The summed E-state index contributed by atoms with van der Waals surface area (Å²) in [6.07, 6.45) is 4.16. The summed E-state index contributed by atoms with van der Waals surface area (Å²) in [7, 11) is 0. The fourth-order valence-electron chi connectivity index (χ4n) is 3.66. The summed E-state index contributed by atoms with van der Waals surface area (Å²) in [5.74, 6) is 2.52. The van der Waals surface area contributed by atoms with Crippen molar-refractivity contribution in [3.05, 3.63) is 11.7 Å². The lowest BCUT2D eigenvalue weighted by Crippen LogP contribution is -2.49. The van der Waals surface area contributed by atoms with Crippen molar-refractivity contribution in [1.29, 1.82) is 0 Å². The van der Waals surface area contributed by atoms with Crippen molar-refractivity contribution in [3.63, 3.8) is 0 Å². The fourth-order valence-corrected chi connectivity index (χ4v) is 3.66. The number of aromatic nitrogens is 2. The van der Waals surface area contributed by atoms with Crippen LogP contribution < -0.4 is 0 Å². The fraction of sp³-hybridized carbons (Fsp3) is 0.824. The third-order valence-corrected chi connectivity index (χ3v) is 5.57. The zero-order chi connectivity index (χ0) is 16.5. The molecule has 1 saturated carbocycles. The van der Waals surface area contributed by atoms with Gasteiger partial charge in [-0.1, -0.05) is 5.16 Å². The number of hydrogen-bond acceptors (Lipinski definition) is 6. The Labute approximate surface area is 143 Å². The molecule has 7 heteroatoms. The Hall–Kier alpha value is -1.47. The molecule has 1 aliphatic carbocycles. The van der Waals surface area contributed by atoms with Crippen LogP contribution in [0.1, 0.15) is 56.3 Å². The lowest BCUT2D eigenvalue weighted by Gasteiger charge is -2.37. The number of hydrogen-bond donors (Lipinski definition) is 0. The van der Waals surface area contributed by atoms with Gasteiger partial charge in [0.2, 0.25) is 11.8 Å². The molecule has 3 heterocycles. The molecule has 1 amide bonds. The Kier molecular flexibility index (Phi) is 4.54. The highest BCUT2D eigenvalue weighted by molar-refractivity contribution is 5.78. The Morgan fingerprint density at radius 1 is 1.17 bits per heavy atom. The number of piperazine rings is 1. The minimum atomic E-state index is 0.187. The van der Waals surface area contributed by atoms with E-state index in [9.17, 15) is 4.79 Å². The van der Waals surface area contributed by atoms with E-state index in [4.69, 9.17) is 4.52 Å². The molecule has 2 aliphatic heterocycles. The first-order chi connectivity index (χ1) is 11.7. The molecule has 4 rings (SSSR count). The molecule has 24 heavy (non-hydrogen) atoms. The summed E-state index contributed by atoms with van der Waals surface area (Å²) in [6, 6.07) is 0.187. The first kappa shape index (κ1) is 16.0. The SMILES string of the molecule is C[C@H](c1nc(C2CC2)no1)N1CCN(CCN2CCCC2=O)CC1. The van der Waals surface area contributed by atoms with Gasteiger partial charge in [0, 0.05) is 58.2 Å². The standard InChI is InChI=1S/C17H27N5O2/c1-13(17-18-16(19-24-17)14-4-5-14)21-10-7-20(8-11-21)9-12-22-6-2-3-15(22)23/h13-14H,2-12H2,1H3/t13-/m1/s1. The highest BCUT2D eigenvalue weighted by Gasteiger charge is 2.31. The second-order valence-electron chi connectivity index (χ2n) is 7.30. The molecule has 3 fully saturated rings. The van der Waals surface area contributed by atoms with Gasteiger partial charge in [0.25, 0.3) is 0 Å². The predicted molar refractivity (Wildman–Crippen MR) is 88.5 cm³/mol. The van der Waals surface area contributed by atoms with Gasteiger partial charge in [-0.3, -0.25) is 14.6 Å². The van der Waals surface area contributed by atoms with Crippen molar-refractivity contribution in [2.45, 2.75) is 44.6 Å². The van der Waals surface area contributed by atoms with E-state index in [1.165, 1.54) is 12.8 Å². The van der Waals surface area contributed by atoms with Crippen LogP contribution in [-0.4, -0.2) is 76.6 Å². The van der Waals surface area contributed by atoms with Crippen LogP contribution in [0.15, 0.2) is 4.52 Å². The number of rotatable bonds is 6. The molecular weight excluding hydrogens is 306 g/mol. The second-order valence-corrected chi connectivity index (χ2v) is 7.30. The van der Waals surface area contributed by atoms with Gasteiger partial charge in [-0.2, -0.15) is 4.98 Å². The maximum Gasteiger partial charge on any atom is 0.243 e. The van der Waals surface area contributed by atoms with Gasteiger partial charge >= 0.3 is 0 Å². The molecule has 3 aliphatic rings. The van der Waals surface area contributed by atoms with Crippen molar-refractivity contribution in [1.82, 2.24) is 24.8 Å². The van der Waals surface area contributed by atoms with Crippen LogP contribution in [0.2, 0.25) is 0 Å². The molecular formula is C17H27N5O2. The molecule has 1 atom stereocenters. The highest BCUT2D eigenvalue weighted by atomic mass is 16.5. The van der Waals surface area contributed by atoms with Crippen molar-refractivity contribution >= 4 is 5.91 Å². The van der Waals surface area contributed by atoms with E-state index in [2.05, 4.69) is 26.9 Å². The average Bonchev–Trinajstić information content (AvgIpc) is 3.19. The Morgan fingerprint density at radius 2 is 1.96 bits per heavy atom. The van der Waals surface area contributed by atoms with Gasteiger partial charge in [0.05, 0.1) is 6.04 Å². The summed E-state index contributed by atoms with van der Waals surface area (Å²) >= 11 is 0. The topological polar surface area (TPSA) is 65.7 Å². The van der Waals surface area contributed by atoms with Crippen LogP contribution >= 0.6 is 0 Å². The van der Waals surface area contributed by atoms with Crippen molar-refractivity contribution in [2.75, 3.05) is 45.8 Å². The van der Waals surface area contributed by atoms with Crippen molar-refractivity contribution < 1.29 is 9.32 Å². The van der Waals surface area contributed by atoms with Gasteiger partial charge in [-0.15, -0.1) is 0 Å². The number of carbonyl (C=O) groups is 1. The minimum absolute atomic E-state index is 0.187. The molecule has 0 bridgehead atoms. The maximum absolute atomic E-state index is 11.7. The molecule has 0 N–H and O–H groups in total. The lowest BCUT2D eigenvalue weighted by atomic mass is 10.2. The lowest BCUT2D eigenvalue weighted by molar-refractivity contribution is -0.127. The van der Waals surface area contributed by atoms with Crippen LogP contribution in [0.25, 0.3) is 0 Å². The summed E-state index contributed by atoms with van der Waals surface area (Å²) < 4.78 is 5.47. The minimum Gasteiger partial charge on any atom is -0.341 e. The third-order valence-electron chi connectivity index (χ3n) is 5.57. The zero-order valence-electron chi connectivity index (χ0n) is 14.5. The van der Waals surface area contributed by atoms with Crippen molar-refractivity contribution in [3.8, 4) is 0 Å². The van der Waals surface area contributed by atoms with Crippen LogP contribution in [0.5, 0.6) is 0 Å². The van der Waals surface area contributed by atoms with E-state index in [1.807, 2.05) is 4.90 Å². The van der Waals surface area contributed by atoms with Gasteiger partial charge in [0.15, 0.2) is 5.82 Å². The molecule has 0 unspecified atom stereocenters. The highest BCUT2D eigenvalue weighted by Crippen LogP contribution is 2.38.